The molecule has 0 saturated carbocycles. The van der Waals surface area contributed by atoms with E-state index < -0.39 is 44.8 Å². The molecular formula is C35H22F5NOS. The zero-order chi connectivity index (χ0) is 30.1. The van der Waals surface area contributed by atoms with Gasteiger partial charge in [-0.2, -0.15) is 0 Å². The van der Waals surface area contributed by atoms with Crippen molar-refractivity contribution in [2.24, 2.45) is 4.99 Å². The van der Waals surface area contributed by atoms with E-state index in [1.54, 1.807) is 18.2 Å². The summed E-state index contributed by atoms with van der Waals surface area (Å²) in [5.74, 6) is -10.8. The van der Waals surface area contributed by atoms with Crippen molar-refractivity contribution in [3.63, 3.8) is 0 Å². The fourth-order valence-corrected chi connectivity index (χ4v) is 9.18. The van der Waals surface area contributed by atoms with Gasteiger partial charge < -0.3 is 5.11 Å². The van der Waals surface area contributed by atoms with Gasteiger partial charge in [0.1, 0.15) is 11.4 Å². The molecule has 8 heteroatoms. The van der Waals surface area contributed by atoms with Crippen LogP contribution in [0, 0.1) is 29.1 Å². The summed E-state index contributed by atoms with van der Waals surface area (Å²) in [5, 5.41) is 13.3. The number of nitrogens with zero attached hydrogens (tertiary/aromatic N) is 1. The number of hydrogen-bond acceptors (Lipinski definition) is 2. The van der Waals surface area contributed by atoms with Crippen LogP contribution in [0.2, 0.25) is 0 Å². The second kappa shape index (κ2) is 11.4. The predicted octanol–water partition coefficient (Wildman–Crippen LogP) is 10.3. The smallest absolute Gasteiger partial charge is 0.200 e. The molecule has 0 aliphatic heterocycles. The van der Waals surface area contributed by atoms with E-state index in [2.05, 4.69) is 4.99 Å². The summed E-state index contributed by atoms with van der Waals surface area (Å²) in [6.45, 7) is 0. The SMILES string of the molecule is Oc1c(S(c2ccccc2)(c2ccccc2)c2ccccc2)cc2ccccc2c1C=Nc1c(F)c(F)c(F)c(F)c1F. The Morgan fingerprint density at radius 1 is 0.535 bits per heavy atom. The minimum atomic E-state index is -2.40. The van der Waals surface area contributed by atoms with Crippen LogP contribution in [-0.2, 0) is 0 Å². The molecule has 0 spiro atoms. The Bertz CT molecular complexity index is 1860. The summed E-state index contributed by atoms with van der Waals surface area (Å²) in [6, 6.07) is 37.9. The minimum Gasteiger partial charge on any atom is -0.506 e. The van der Waals surface area contributed by atoms with Crippen LogP contribution in [-0.4, -0.2) is 11.3 Å². The molecule has 0 atom stereocenters. The molecule has 0 radical (unpaired) electrons. The lowest BCUT2D eigenvalue weighted by molar-refractivity contribution is 0.381. The van der Waals surface area contributed by atoms with E-state index >= 15 is 0 Å². The van der Waals surface area contributed by atoms with Crippen LogP contribution < -0.4 is 0 Å². The van der Waals surface area contributed by atoms with Crippen molar-refractivity contribution >= 4 is 32.7 Å². The highest BCUT2D eigenvalue weighted by atomic mass is 32.3. The number of phenols is 1. The Kier molecular flexibility index (Phi) is 7.46. The van der Waals surface area contributed by atoms with Crippen LogP contribution in [0.1, 0.15) is 5.56 Å². The summed E-state index contributed by atoms with van der Waals surface area (Å²) in [6.07, 6.45) is 0.949. The van der Waals surface area contributed by atoms with E-state index in [1.807, 2.05) is 103 Å². The van der Waals surface area contributed by atoms with Crippen LogP contribution in [0.3, 0.4) is 0 Å². The van der Waals surface area contributed by atoms with E-state index in [4.69, 9.17) is 0 Å². The lowest BCUT2D eigenvalue weighted by Gasteiger charge is -2.42. The molecule has 6 aromatic carbocycles. The maximum Gasteiger partial charge on any atom is 0.200 e. The van der Waals surface area contributed by atoms with Gasteiger partial charge in [-0.15, -0.1) is 10.0 Å². The Labute approximate surface area is 245 Å². The number of aromatic hydroxyl groups is 1. The van der Waals surface area contributed by atoms with Crippen LogP contribution in [0.4, 0.5) is 27.6 Å². The first-order valence-electron chi connectivity index (χ1n) is 13.1. The summed E-state index contributed by atoms with van der Waals surface area (Å²) < 4.78 is 70.7. The van der Waals surface area contributed by atoms with Crippen molar-refractivity contribution in [1.82, 2.24) is 0 Å². The molecule has 6 rings (SSSR count). The normalized spacial score (nSPS) is 12.2. The number of benzene rings is 6. The highest BCUT2D eigenvalue weighted by molar-refractivity contribution is 8.34. The number of hydrogen-bond donors (Lipinski definition) is 1. The lowest BCUT2D eigenvalue weighted by atomic mass is 10.0. The van der Waals surface area contributed by atoms with Crippen molar-refractivity contribution in [3.8, 4) is 5.75 Å². The van der Waals surface area contributed by atoms with Gasteiger partial charge >= 0.3 is 0 Å². The molecule has 0 saturated heterocycles. The highest BCUT2D eigenvalue weighted by Gasteiger charge is 2.36. The Morgan fingerprint density at radius 3 is 1.44 bits per heavy atom. The fourth-order valence-electron chi connectivity index (χ4n) is 5.20. The quantitative estimate of drug-likeness (QED) is 0.0879. The molecular weight excluding hydrogens is 577 g/mol. The van der Waals surface area contributed by atoms with Gasteiger partial charge in [-0.25, -0.2) is 26.9 Å². The standard InChI is InChI=1S/C35H22F5NOS/c36-29-30(37)32(39)34(33(40)31(29)38)41-21-27-26-19-11-10-12-22(26)20-28(35(27)42)43(23-13-4-1-5-14-23,24-15-6-2-7-16-24)25-17-8-3-9-18-25/h1-21,42H. The molecule has 0 unspecified atom stereocenters. The van der Waals surface area contributed by atoms with Gasteiger partial charge in [-0.1, -0.05) is 78.9 Å². The molecule has 0 bridgehead atoms. The van der Waals surface area contributed by atoms with Crippen LogP contribution in [0.25, 0.3) is 10.8 Å². The topological polar surface area (TPSA) is 32.6 Å². The average Bonchev–Trinajstić information content (AvgIpc) is 3.06. The van der Waals surface area contributed by atoms with E-state index in [0.717, 1.165) is 20.9 Å². The number of phenolic OH excluding ortho intramolecular Hbond substituents is 1. The van der Waals surface area contributed by atoms with Crippen molar-refractivity contribution in [2.45, 2.75) is 19.6 Å². The lowest BCUT2D eigenvalue weighted by Crippen LogP contribution is -2.06. The maximum absolute atomic E-state index is 14.6. The summed E-state index contributed by atoms with van der Waals surface area (Å²) >= 11 is 0. The zero-order valence-electron chi connectivity index (χ0n) is 22.3. The molecule has 0 amide bonds. The maximum atomic E-state index is 14.6. The molecule has 0 aromatic heterocycles. The highest BCUT2D eigenvalue weighted by Crippen LogP contribution is 2.75. The Hall–Kier alpha value is -4.95. The second-order valence-corrected chi connectivity index (χ2v) is 12.7. The molecule has 6 aromatic rings. The number of halogens is 5. The monoisotopic (exact) mass is 599 g/mol. The molecule has 43 heavy (non-hydrogen) atoms. The molecule has 2 nitrogen and oxygen atoms in total. The summed E-state index contributed by atoms with van der Waals surface area (Å²) in [4.78, 5) is 6.94. The molecule has 0 aliphatic rings. The van der Waals surface area contributed by atoms with Gasteiger partial charge in [0, 0.05) is 31.4 Å². The average molecular weight is 600 g/mol. The minimum absolute atomic E-state index is 0.0664. The van der Waals surface area contributed by atoms with Crippen LogP contribution in [0.15, 0.2) is 146 Å². The molecule has 0 aliphatic carbocycles. The molecule has 0 fully saturated rings. The van der Waals surface area contributed by atoms with E-state index in [1.165, 1.54) is 0 Å². The van der Waals surface area contributed by atoms with Crippen LogP contribution in [0.5, 0.6) is 5.75 Å². The first kappa shape index (κ1) is 28.2. The molecule has 0 heterocycles. The third-order valence-corrected chi connectivity index (χ3v) is 11.1. The molecule has 214 valence electrons. The summed E-state index contributed by atoms with van der Waals surface area (Å²) in [7, 11) is -2.40. The first-order valence-corrected chi connectivity index (χ1v) is 14.8. The summed E-state index contributed by atoms with van der Waals surface area (Å²) in [5.41, 5.74) is -1.28. The van der Waals surface area contributed by atoms with Gasteiger partial charge in [-0.05, 0) is 53.2 Å². The van der Waals surface area contributed by atoms with Crippen molar-refractivity contribution < 1.29 is 27.1 Å². The van der Waals surface area contributed by atoms with Crippen molar-refractivity contribution in [2.75, 3.05) is 0 Å². The van der Waals surface area contributed by atoms with Gasteiger partial charge in [0.05, 0.1) is 0 Å². The Balaban J connectivity index is 1.72. The fraction of sp³-hybridized carbons (Fsp3) is 0. The third-order valence-electron chi connectivity index (χ3n) is 7.16. The second-order valence-electron chi connectivity index (χ2n) is 9.59. The van der Waals surface area contributed by atoms with Gasteiger partial charge in [0.2, 0.25) is 5.82 Å². The predicted molar refractivity (Wildman–Crippen MR) is 159 cm³/mol. The molecule has 1 N–H and O–H groups in total. The largest absolute Gasteiger partial charge is 0.506 e. The third kappa shape index (κ3) is 4.64. The van der Waals surface area contributed by atoms with Crippen molar-refractivity contribution in [3.05, 3.63) is 156 Å². The van der Waals surface area contributed by atoms with E-state index in [9.17, 15) is 27.1 Å². The van der Waals surface area contributed by atoms with Crippen molar-refractivity contribution in [1.29, 1.82) is 0 Å². The van der Waals surface area contributed by atoms with Crippen LogP contribution >= 0.6 is 10.0 Å². The number of rotatable bonds is 6. The number of aliphatic imine (C=N–C) groups is 1. The van der Waals surface area contributed by atoms with Gasteiger partial charge in [-0.3, -0.25) is 0 Å². The van der Waals surface area contributed by atoms with E-state index in [-0.39, 0.29) is 11.3 Å². The van der Waals surface area contributed by atoms with E-state index in [0.29, 0.717) is 15.7 Å². The zero-order valence-corrected chi connectivity index (χ0v) is 23.1. The number of fused-ring (bicyclic) bond motifs is 1. The Morgan fingerprint density at radius 2 is 0.953 bits per heavy atom. The van der Waals surface area contributed by atoms with Gasteiger partial charge in [0.15, 0.2) is 23.3 Å². The van der Waals surface area contributed by atoms with Gasteiger partial charge in [0.25, 0.3) is 0 Å². The first-order chi connectivity index (χ1) is 20.9.